The van der Waals surface area contributed by atoms with E-state index in [1.165, 1.54) is 12.1 Å². The van der Waals surface area contributed by atoms with Gasteiger partial charge in [-0.3, -0.25) is 5.32 Å². The number of benzene rings is 1. The van der Waals surface area contributed by atoms with Crippen molar-refractivity contribution in [3.05, 3.63) is 35.9 Å². The summed E-state index contributed by atoms with van der Waals surface area (Å²) in [5.74, 6) is 0. The van der Waals surface area contributed by atoms with E-state index in [0.29, 0.717) is 12.8 Å². The van der Waals surface area contributed by atoms with Crippen LogP contribution >= 0.6 is 0 Å². The van der Waals surface area contributed by atoms with Crippen LogP contribution in [-0.4, -0.2) is 23.4 Å². The third kappa shape index (κ3) is 2.67. The third-order valence-electron chi connectivity index (χ3n) is 3.52. The molecule has 2 rings (SSSR count). The highest BCUT2D eigenvalue weighted by Crippen LogP contribution is 2.39. The molecule has 1 atom stereocenters. The first-order valence-corrected chi connectivity index (χ1v) is 5.97. The van der Waals surface area contributed by atoms with Gasteiger partial charge in [0.1, 0.15) is 6.04 Å². The molecular formula is C13H16F3NO. The van der Waals surface area contributed by atoms with Crippen LogP contribution in [0, 0.1) is 0 Å². The van der Waals surface area contributed by atoms with Crippen molar-refractivity contribution >= 4 is 0 Å². The summed E-state index contributed by atoms with van der Waals surface area (Å²) in [4.78, 5) is 0. The number of hydrogen-bond donors (Lipinski definition) is 2. The highest BCUT2D eigenvalue weighted by Gasteiger charge is 2.47. The first-order valence-electron chi connectivity index (χ1n) is 5.97. The van der Waals surface area contributed by atoms with Crippen LogP contribution in [0.3, 0.4) is 0 Å². The Morgan fingerprint density at radius 1 is 1.22 bits per heavy atom. The predicted octanol–water partition coefficient (Wildman–Crippen LogP) is 2.79. The van der Waals surface area contributed by atoms with Gasteiger partial charge in [-0.25, -0.2) is 0 Å². The molecule has 5 heteroatoms. The highest BCUT2D eigenvalue weighted by molar-refractivity contribution is 5.21. The molecule has 0 aliphatic heterocycles. The quantitative estimate of drug-likeness (QED) is 0.871. The van der Waals surface area contributed by atoms with Gasteiger partial charge in [-0.05, 0) is 24.8 Å². The first kappa shape index (κ1) is 13.4. The van der Waals surface area contributed by atoms with Crippen LogP contribution < -0.4 is 5.32 Å². The number of halogens is 3. The van der Waals surface area contributed by atoms with Crippen LogP contribution in [0.1, 0.15) is 30.9 Å². The van der Waals surface area contributed by atoms with Crippen LogP contribution in [0.4, 0.5) is 13.2 Å². The zero-order chi connectivity index (χ0) is 13.2. The maximum Gasteiger partial charge on any atom is 0.407 e. The molecule has 2 nitrogen and oxygen atoms in total. The lowest BCUT2D eigenvalue weighted by atomic mass is 9.76. The van der Waals surface area contributed by atoms with E-state index in [1.54, 1.807) is 18.2 Å². The first-order chi connectivity index (χ1) is 8.47. The lowest BCUT2D eigenvalue weighted by molar-refractivity contribution is -0.167. The van der Waals surface area contributed by atoms with Crippen molar-refractivity contribution in [2.75, 3.05) is 6.61 Å². The van der Waals surface area contributed by atoms with Crippen molar-refractivity contribution in [3.63, 3.8) is 0 Å². The van der Waals surface area contributed by atoms with Crippen molar-refractivity contribution in [3.8, 4) is 0 Å². The number of aliphatic hydroxyl groups excluding tert-OH is 1. The SMILES string of the molecule is OCC1(NC(c2ccccc2)C(F)(F)F)CCC1. The van der Waals surface area contributed by atoms with Crippen LogP contribution in [-0.2, 0) is 0 Å². The van der Waals surface area contributed by atoms with Gasteiger partial charge < -0.3 is 5.11 Å². The Hall–Kier alpha value is -1.07. The topological polar surface area (TPSA) is 32.3 Å². The molecule has 1 aliphatic rings. The van der Waals surface area contributed by atoms with Crippen LogP contribution in [0.5, 0.6) is 0 Å². The molecule has 1 aliphatic carbocycles. The molecule has 0 heterocycles. The molecule has 2 N–H and O–H groups in total. The molecule has 1 unspecified atom stereocenters. The Labute approximate surface area is 104 Å². The fourth-order valence-corrected chi connectivity index (χ4v) is 2.26. The second-order valence-corrected chi connectivity index (χ2v) is 4.82. The predicted molar refractivity (Wildman–Crippen MR) is 62.0 cm³/mol. The molecule has 0 aromatic heterocycles. The largest absolute Gasteiger partial charge is 0.407 e. The maximum atomic E-state index is 13.1. The summed E-state index contributed by atoms with van der Waals surface area (Å²) in [6.45, 7) is -0.258. The summed E-state index contributed by atoms with van der Waals surface area (Å²) in [7, 11) is 0. The summed E-state index contributed by atoms with van der Waals surface area (Å²) in [5, 5.41) is 11.9. The second kappa shape index (κ2) is 4.90. The van der Waals surface area contributed by atoms with Gasteiger partial charge in [0.15, 0.2) is 0 Å². The van der Waals surface area contributed by atoms with Crippen molar-refractivity contribution < 1.29 is 18.3 Å². The molecule has 0 bridgehead atoms. The van der Waals surface area contributed by atoms with Gasteiger partial charge in [0.25, 0.3) is 0 Å². The third-order valence-corrected chi connectivity index (χ3v) is 3.52. The number of nitrogens with one attached hydrogen (secondary N) is 1. The molecule has 1 aromatic carbocycles. The summed E-state index contributed by atoms with van der Waals surface area (Å²) < 4.78 is 39.3. The second-order valence-electron chi connectivity index (χ2n) is 4.82. The van der Waals surface area contributed by atoms with Crippen molar-refractivity contribution in [2.24, 2.45) is 0 Å². The summed E-state index contributed by atoms with van der Waals surface area (Å²) in [5.41, 5.74) is -0.583. The highest BCUT2D eigenvalue weighted by atomic mass is 19.4. The zero-order valence-corrected chi connectivity index (χ0v) is 9.87. The minimum atomic E-state index is -4.36. The zero-order valence-electron chi connectivity index (χ0n) is 9.87. The minimum Gasteiger partial charge on any atom is -0.394 e. The molecule has 0 amide bonds. The van der Waals surface area contributed by atoms with E-state index in [4.69, 9.17) is 0 Å². The maximum absolute atomic E-state index is 13.1. The van der Waals surface area contributed by atoms with Gasteiger partial charge >= 0.3 is 6.18 Å². The van der Waals surface area contributed by atoms with E-state index in [1.807, 2.05) is 0 Å². The van der Waals surface area contributed by atoms with E-state index in [9.17, 15) is 18.3 Å². The standard InChI is InChI=1S/C13H16F3NO/c14-13(15,16)11(10-5-2-1-3-6-10)17-12(9-18)7-4-8-12/h1-3,5-6,11,17-18H,4,7-9H2. The summed E-state index contributed by atoms with van der Waals surface area (Å²) in [6, 6.07) is 6.04. The Kier molecular flexibility index (Phi) is 3.64. The number of rotatable bonds is 4. The van der Waals surface area contributed by atoms with E-state index in [0.717, 1.165) is 6.42 Å². The molecule has 100 valence electrons. The molecule has 18 heavy (non-hydrogen) atoms. The van der Waals surface area contributed by atoms with Gasteiger partial charge in [0.2, 0.25) is 0 Å². The van der Waals surface area contributed by atoms with E-state index >= 15 is 0 Å². The van der Waals surface area contributed by atoms with Gasteiger partial charge in [-0.15, -0.1) is 0 Å². The summed E-state index contributed by atoms with van der Waals surface area (Å²) >= 11 is 0. The average molecular weight is 259 g/mol. The van der Waals surface area contributed by atoms with E-state index in [-0.39, 0.29) is 12.2 Å². The lowest BCUT2D eigenvalue weighted by Gasteiger charge is -2.44. The Bertz CT molecular complexity index is 381. The Balaban J connectivity index is 2.22. The molecule has 1 saturated carbocycles. The Morgan fingerprint density at radius 3 is 2.22 bits per heavy atom. The van der Waals surface area contributed by atoms with Gasteiger partial charge in [0, 0.05) is 5.54 Å². The molecule has 0 saturated heterocycles. The van der Waals surface area contributed by atoms with Crippen molar-refractivity contribution in [2.45, 2.75) is 37.0 Å². The van der Waals surface area contributed by atoms with Crippen molar-refractivity contribution in [1.29, 1.82) is 0 Å². The smallest absolute Gasteiger partial charge is 0.394 e. The fraction of sp³-hybridized carbons (Fsp3) is 0.538. The van der Waals surface area contributed by atoms with Crippen LogP contribution in [0.15, 0.2) is 30.3 Å². The normalized spacial score (nSPS) is 20.2. The Morgan fingerprint density at radius 2 is 1.83 bits per heavy atom. The van der Waals surface area contributed by atoms with Gasteiger partial charge in [0.05, 0.1) is 6.61 Å². The molecular weight excluding hydrogens is 243 g/mol. The van der Waals surface area contributed by atoms with Crippen LogP contribution in [0.25, 0.3) is 0 Å². The molecule has 1 fully saturated rings. The summed E-state index contributed by atoms with van der Waals surface area (Å²) in [6.07, 6.45) is -2.34. The van der Waals surface area contributed by atoms with E-state index < -0.39 is 17.8 Å². The molecule has 1 aromatic rings. The van der Waals surface area contributed by atoms with E-state index in [2.05, 4.69) is 5.32 Å². The van der Waals surface area contributed by atoms with Crippen molar-refractivity contribution in [1.82, 2.24) is 5.32 Å². The van der Waals surface area contributed by atoms with Gasteiger partial charge in [-0.1, -0.05) is 30.3 Å². The number of alkyl halides is 3. The van der Waals surface area contributed by atoms with Gasteiger partial charge in [-0.2, -0.15) is 13.2 Å². The molecule has 0 radical (unpaired) electrons. The lowest BCUT2D eigenvalue weighted by Crippen LogP contribution is -2.57. The molecule has 0 spiro atoms. The number of aliphatic hydroxyl groups is 1. The fourth-order valence-electron chi connectivity index (χ4n) is 2.26. The minimum absolute atomic E-state index is 0.185. The van der Waals surface area contributed by atoms with Crippen LogP contribution in [0.2, 0.25) is 0 Å². The number of hydrogen-bond acceptors (Lipinski definition) is 2. The average Bonchev–Trinajstić information content (AvgIpc) is 2.28. The monoisotopic (exact) mass is 259 g/mol.